The van der Waals surface area contributed by atoms with Crippen LogP contribution in [0.3, 0.4) is 0 Å². The minimum absolute atomic E-state index is 0. The normalized spacial score (nSPS) is 9.23. The fraction of sp³-hybridized carbons (Fsp3) is 0.0400. The highest BCUT2D eigenvalue weighted by atomic mass is 36.5. The molecular formula is C25H21Cl9N64O. The Labute approximate surface area is 581 Å². The van der Waals surface area contributed by atoms with Crippen molar-refractivity contribution in [3.05, 3.63) is 105 Å². The zero-order valence-electron chi connectivity index (χ0n) is 46.1. The van der Waals surface area contributed by atoms with Gasteiger partial charge in [-0.15, -0.1) is 10.2 Å². The molecule has 0 aliphatic carbocycles. The Bertz CT molecular complexity index is 3940. The second-order valence-corrected chi connectivity index (χ2v) is 16.6. The average molecular weight is 1550 g/mol. The Morgan fingerprint density at radius 2 is 0.404 bits per heavy atom. The number of aromatic nitrogens is 24. The molecule has 20 N–H and O–H groups in total. The number of anilines is 10. The van der Waals surface area contributed by atoms with Crippen molar-refractivity contribution in [1.82, 2.24) is 120 Å². The van der Waals surface area contributed by atoms with Gasteiger partial charge in [-0.05, 0) is 132 Å². The summed E-state index contributed by atoms with van der Waals surface area (Å²) in [5, 5.41) is 31.9. The van der Waals surface area contributed by atoms with Crippen molar-refractivity contribution in [3.63, 3.8) is 0 Å². The SMILES string of the molecule is ClC(Cl)Cl.ClCl.Clc1nc(Cl)nc(NNc2nc(Cl)nc(Cl)n2)n1.NNc1nc(NN)nc(NNc2nc(NN)nc(NN)n2)n1.O.[N-]=[N+]=Nc1nc(N=Nc2nc(N=[N+]=[N-])nc(N=[N+]=[N-])n2)nc(N=[N+]=[N-])n1.[N-]=[N+]=Nc1nc(N=[N+]=[N-])nc(NNc2nc(N=[N+]=[N-])nc(N=[N+]=[N-])n2)n1. The second-order valence-electron chi connectivity index (χ2n) is 13.3. The van der Waals surface area contributed by atoms with Crippen LogP contribution in [-0.4, -0.2) is 129 Å². The van der Waals surface area contributed by atoms with E-state index < -0.39 is 40.0 Å². The highest BCUT2D eigenvalue weighted by Gasteiger charge is 2.12. The van der Waals surface area contributed by atoms with Crippen LogP contribution in [0.2, 0.25) is 21.1 Å². The van der Waals surface area contributed by atoms with Gasteiger partial charge < -0.3 is 5.48 Å². The summed E-state index contributed by atoms with van der Waals surface area (Å²) < 4.78 is -0.750. The van der Waals surface area contributed by atoms with Gasteiger partial charge in [-0.2, -0.15) is 99.7 Å². The minimum atomic E-state index is -0.750. The maximum Gasteiger partial charge on any atom is 0.272 e. The van der Waals surface area contributed by atoms with Gasteiger partial charge in [0.25, 0.3) is 11.9 Å². The summed E-state index contributed by atoms with van der Waals surface area (Å²) in [6.07, 6.45) is 0. The first-order valence-electron chi connectivity index (χ1n) is 22.3. The molecule has 0 atom stereocenters. The van der Waals surface area contributed by atoms with E-state index in [0.29, 0.717) is 0 Å². The minimum Gasteiger partial charge on any atom is -0.412 e. The summed E-state index contributed by atoms with van der Waals surface area (Å²) in [5.41, 5.74) is 91.4. The Morgan fingerprint density at radius 3 is 0.586 bits per heavy atom. The van der Waals surface area contributed by atoms with Gasteiger partial charge >= 0.3 is 0 Å². The molecule has 8 rings (SSSR count). The quantitative estimate of drug-likeness (QED) is 0.00710. The molecule has 74 heteroatoms. The number of nitrogens with zero attached hydrogens (tertiary/aromatic N) is 50. The zero-order valence-corrected chi connectivity index (χ0v) is 53.0. The van der Waals surface area contributed by atoms with Crippen molar-refractivity contribution in [2.24, 2.45) is 74.5 Å². The van der Waals surface area contributed by atoms with E-state index in [-0.39, 0.29) is 110 Å². The molecular weight excluding hydrogens is 1530 g/mol. The molecule has 0 spiro atoms. The van der Waals surface area contributed by atoms with E-state index in [0.717, 1.165) is 0 Å². The van der Waals surface area contributed by atoms with Gasteiger partial charge in [0.2, 0.25) is 128 Å². The second kappa shape index (κ2) is 45.8. The number of azide groups is 8. The van der Waals surface area contributed by atoms with Crippen molar-refractivity contribution in [1.29, 1.82) is 0 Å². The highest BCUT2D eigenvalue weighted by Crippen LogP contribution is 2.22. The van der Waals surface area contributed by atoms with E-state index >= 15 is 0 Å². The summed E-state index contributed by atoms with van der Waals surface area (Å²) in [6, 6.07) is 0. The van der Waals surface area contributed by atoms with E-state index in [1.807, 2.05) is 0 Å². The summed E-state index contributed by atoms with van der Waals surface area (Å²) in [7, 11) is 8.22. The first-order valence-corrected chi connectivity index (χ1v) is 26.3. The number of nitrogens with two attached hydrogens (primary N) is 4. The maximum absolute atomic E-state index is 8.41. The van der Waals surface area contributed by atoms with Crippen LogP contribution in [-0.2, 0) is 0 Å². The first kappa shape index (κ1) is 81.7. The van der Waals surface area contributed by atoms with Gasteiger partial charge in [0.15, 0.2) is 4.30 Å². The smallest absolute Gasteiger partial charge is 0.272 e. The fourth-order valence-corrected chi connectivity index (χ4v) is 5.31. The molecule has 8 heterocycles. The number of hydrogen-bond acceptors (Lipinski definition) is 48. The number of alkyl halides is 3. The predicted molar refractivity (Wildman–Crippen MR) is 343 cm³/mol. The number of hydrazine groups is 7. The van der Waals surface area contributed by atoms with Crippen LogP contribution in [0.1, 0.15) is 0 Å². The van der Waals surface area contributed by atoms with E-state index in [1.165, 1.54) is 0 Å². The van der Waals surface area contributed by atoms with Crippen LogP contribution in [0.5, 0.6) is 0 Å². The molecule has 0 unspecified atom stereocenters. The molecule has 8 aromatic heterocycles. The topological polar surface area (TPSA) is 980 Å². The number of rotatable bonds is 23. The molecule has 99 heavy (non-hydrogen) atoms. The van der Waals surface area contributed by atoms with Crippen LogP contribution in [0, 0.1) is 0 Å². The Balaban J connectivity index is 0.000000438. The Hall–Kier alpha value is -13.4. The van der Waals surface area contributed by atoms with E-state index in [1.54, 1.807) is 0 Å². The maximum atomic E-state index is 8.41. The zero-order chi connectivity index (χ0) is 72.2. The third-order valence-corrected chi connectivity index (χ3v) is 8.21. The number of hydrogen-bond donors (Lipinski definition) is 14. The van der Waals surface area contributed by atoms with Crippen LogP contribution < -0.4 is 77.6 Å². The largest absolute Gasteiger partial charge is 0.412 e. The highest BCUT2D eigenvalue weighted by molar-refractivity contribution is 6.85. The first-order chi connectivity index (χ1) is 47.3. The third-order valence-electron chi connectivity index (χ3n) is 7.53. The molecule has 65 nitrogen and oxygen atoms in total. The molecule has 0 fully saturated rings. The monoisotopic (exact) mass is 1550 g/mol. The summed E-state index contributed by atoms with van der Waals surface area (Å²) in [6.45, 7) is 0. The van der Waals surface area contributed by atoms with E-state index in [4.69, 9.17) is 149 Å². The fourth-order valence-electron chi connectivity index (χ4n) is 4.58. The molecule has 0 aliphatic heterocycles. The Kier molecular flexibility index (Phi) is 37.8. The molecule has 0 aliphatic rings. The van der Waals surface area contributed by atoms with Crippen molar-refractivity contribution in [3.8, 4) is 0 Å². The molecule has 510 valence electrons. The van der Waals surface area contributed by atoms with Crippen LogP contribution >= 0.6 is 103 Å². The average Bonchev–Trinajstić information content (AvgIpc) is 0.914. The van der Waals surface area contributed by atoms with E-state index in [9.17, 15) is 0 Å². The van der Waals surface area contributed by atoms with Crippen molar-refractivity contribution >= 4 is 222 Å². The molecule has 0 aromatic carbocycles. The van der Waals surface area contributed by atoms with Crippen molar-refractivity contribution < 1.29 is 5.48 Å². The van der Waals surface area contributed by atoms with E-state index in [2.05, 4.69) is 286 Å². The van der Waals surface area contributed by atoms with Gasteiger partial charge in [-0.1, -0.05) is 34.8 Å². The third kappa shape index (κ3) is 31.8. The summed E-state index contributed by atoms with van der Waals surface area (Å²) in [4.78, 5) is 109. The molecule has 0 bridgehead atoms. The van der Waals surface area contributed by atoms with Crippen molar-refractivity contribution in [2.75, 3.05) is 54.3 Å². The molecule has 0 amide bonds. The number of azo groups is 1. The molecule has 0 saturated heterocycles. The molecule has 8 aromatic rings. The van der Waals surface area contributed by atoms with Gasteiger partial charge in [-0.3, -0.25) is 54.3 Å². The lowest BCUT2D eigenvalue weighted by Crippen LogP contribution is -2.21. The van der Waals surface area contributed by atoms with Crippen LogP contribution in [0.25, 0.3) is 83.5 Å². The summed E-state index contributed by atoms with van der Waals surface area (Å²) in [5.74, 6) is 17.0. The van der Waals surface area contributed by atoms with Crippen LogP contribution in [0.4, 0.5) is 119 Å². The Morgan fingerprint density at radius 1 is 0.253 bits per heavy atom. The van der Waals surface area contributed by atoms with Gasteiger partial charge in [0.05, 0.1) is 0 Å². The van der Waals surface area contributed by atoms with Gasteiger partial charge in [0.1, 0.15) is 0 Å². The van der Waals surface area contributed by atoms with Crippen molar-refractivity contribution in [2.45, 2.75) is 4.30 Å². The van der Waals surface area contributed by atoms with Gasteiger partial charge in [0, 0.05) is 61.0 Å². The van der Waals surface area contributed by atoms with Gasteiger partial charge in [-0.25, -0.2) is 43.3 Å². The lowest BCUT2D eigenvalue weighted by Gasteiger charge is -2.10. The summed E-state index contributed by atoms with van der Waals surface area (Å²) >= 11 is 36.8. The van der Waals surface area contributed by atoms with Crippen LogP contribution in [0.15, 0.2) is 51.1 Å². The molecule has 0 radical (unpaired) electrons. The number of nitrogens with one attached hydrogen (secondary N) is 10. The predicted octanol–water partition coefficient (Wildman–Crippen LogP) is 8.79. The molecule has 0 saturated carbocycles. The lowest BCUT2D eigenvalue weighted by molar-refractivity contribution is 0.824. The number of nitrogen functional groups attached to an aromatic ring is 4. The number of halogens is 9. The lowest BCUT2D eigenvalue weighted by atomic mass is 10.8. The standard InChI is InChI=1S/C6H2Cl4N8.C6H2N20.C6N20.C6H14N16.CHCl3.Cl2.H2O/c7-1-11-2(8)14-5(13-1)17-18-6-15-3(9)12-4(10)16-6;2*7-23-19-3-11-1(12-4(15-3)20-24-8)17-18-2-13-5(21-25-9)16-6(14-2)22-26-10;7-17-1-11-2(18-8)14-5(13-1)21-22-6-15-3(19-9)12-4(16-6)20-10;2-1(3)4;1-2;/h(H,11,13,14,17)(H,12,15,16,18);(H,11,12,15,17)(H,13,14,16,18);;7-10H2,(H3,11,13,14,17,18,21)(H3,12,15,16,19,20,22);1H;;1H2.